The van der Waals surface area contributed by atoms with Crippen LogP contribution in [0.15, 0.2) is 237 Å². The van der Waals surface area contributed by atoms with Gasteiger partial charge in [0.1, 0.15) is 11.4 Å². The first kappa shape index (κ1) is 59.1. The molecule has 0 aromatic heterocycles. The van der Waals surface area contributed by atoms with Crippen LogP contribution in [0.4, 0.5) is 34.1 Å². The van der Waals surface area contributed by atoms with Crippen molar-refractivity contribution in [2.75, 3.05) is 32.9 Å². The highest BCUT2D eigenvalue weighted by atomic mass is 32.2. The Morgan fingerprint density at radius 2 is 0.865 bits per heavy atom. The molecule has 8 aromatic rings. The number of unbranched alkanes of at least 4 members (excludes halogenated alkanes) is 2. The average Bonchev–Trinajstić information content (AvgIpc) is 1.69. The molecule has 0 atom stereocenters. The minimum absolute atomic E-state index is 0.151. The molecular weight excluding hydrogens is 1170 g/mol. The molecule has 22 heteroatoms. The summed E-state index contributed by atoms with van der Waals surface area (Å²) < 4.78 is 49.8. The van der Waals surface area contributed by atoms with Crippen LogP contribution in [0, 0.1) is 20.2 Å². The number of nitrogens with zero attached hydrogens (tertiary/aromatic N) is 8. The van der Waals surface area contributed by atoms with Crippen molar-refractivity contribution >= 4 is 99.0 Å². The van der Waals surface area contributed by atoms with E-state index in [-0.39, 0.29) is 55.1 Å². The van der Waals surface area contributed by atoms with Gasteiger partial charge in [-0.05, 0) is 149 Å². The Bertz CT molecular complexity index is 4480. The molecule has 0 saturated carbocycles. The Kier molecular flexibility index (Phi) is 14.9. The Morgan fingerprint density at radius 1 is 0.483 bits per heavy atom. The maximum atomic E-state index is 14.7. The van der Waals surface area contributed by atoms with Gasteiger partial charge in [-0.25, -0.2) is 27.1 Å². The highest BCUT2D eigenvalue weighted by Gasteiger charge is 2.44. The van der Waals surface area contributed by atoms with Crippen molar-refractivity contribution < 1.29 is 36.3 Å². The van der Waals surface area contributed by atoms with Crippen LogP contribution in [0.1, 0.15) is 69.2 Å². The average molecular weight is 1230 g/mol. The molecular formula is C67H58N10O10S2. The Hall–Kier alpha value is -10.3. The molecule has 2 amide bonds. The van der Waals surface area contributed by atoms with Crippen LogP contribution in [-0.4, -0.2) is 63.0 Å². The van der Waals surface area contributed by atoms with Crippen LogP contribution in [0.5, 0.6) is 0 Å². The van der Waals surface area contributed by atoms with Gasteiger partial charge in [0, 0.05) is 82.1 Å². The van der Waals surface area contributed by atoms with Gasteiger partial charge >= 0.3 is 0 Å². The van der Waals surface area contributed by atoms with Crippen molar-refractivity contribution in [1.29, 1.82) is 0 Å². The van der Waals surface area contributed by atoms with Crippen LogP contribution in [0.25, 0.3) is 21.5 Å². The molecule has 8 aromatic carbocycles. The van der Waals surface area contributed by atoms with Gasteiger partial charge < -0.3 is 9.80 Å². The van der Waals surface area contributed by atoms with E-state index in [4.69, 9.17) is 20.5 Å². The third kappa shape index (κ3) is 10.7. The minimum atomic E-state index is -4.15. The maximum absolute atomic E-state index is 14.7. The number of anilines is 4. The van der Waals surface area contributed by atoms with E-state index in [0.717, 1.165) is 84.7 Å². The number of hydrogen-bond donors (Lipinski definition) is 2. The van der Waals surface area contributed by atoms with Crippen LogP contribution in [0.3, 0.4) is 0 Å². The van der Waals surface area contributed by atoms with Crippen molar-refractivity contribution in [3.05, 3.63) is 259 Å². The van der Waals surface area contributed by atoms with E-state index in [1.165, 1.54) is 84.9 Å². The molecule has 4 aliphatic rings. The summed E-state index contributed by atoms with van der Waals surface area (Å²) in [5.41, 5.74) is 6.46. The third-order valence-corrected chi connectivity index (χ3v) is 18.6. The van der Waals surface area contributed by atoms with Crippen LogP contribution in [-0.2, 0) is 40.5 Å². The zero-order valence-corrected chi connectivity index (χ0v) is 50.3. The molecule has 0 unspecified atom stereocenters. The number of hydrazone groups is 2. The number of carbonyl (C=O) groups excluding carboxylic acids is 2. The second kappa shape index (κ2) is 22.5. The molecule has 4 aliphatic heterocycles. The number of primary sulfonamides is 2. The number of nitro groups is 2. The summed E-state index contributed by atoms with van der Waals surface area (Å²) in [7, 11) is -8.31. The second-order valence-corrected chi connectivity index (χ2v) is 26.2. The van der Waals surface area contributed by atoms with Gasteiger partial charge in [0.15, 0.2) is 0 Å². The minimum Gasteiger partial charge on any atom is -0.344 e. The summed E-state index contributed by atoms with van der Waals surface area (Å²) in [6.07, 6.45) is 9.53. The van der Waals surface area contributed by atoms with E-state index >= 15 is 0 Å². The summed E-state index contributed by atoms with van der Waals surface area (Å²) in [6.45, 7) is 9.77. The van der Waals surface area contributed by atoms with E-state index in [0.29, 0.717) is 24.2 Å². The summed E-state index contributed by atoms with van der Waals surface area (Å²) in [5, 5.41) is 50.3. The lowest BCUT2D eigenvalue weighted by atomic mass is 9.81. The van der Waals surface area contributed by atoms with Gasteiger partial charge in [-0.1, -0.05) is 100 Å². The molecule has 0 fully saturated rings. The predicted octanol–water partition coefficient (Wildman–Crippen LogP) is 11.7. The molecule has 0 saturated heterocycles. The second-order valence-electron chi connectivity index (χ2n) is 23.1. The lowest BCUT2D eigenvalue weighted by Crippen LogP contribution is -2.28. The highest BCUT2D eigenvalue weighted by Crippen LogP contribution is 2.53. The number of rotatable bonds is 16. The number of benzene rings is 8. The number of carbonyl (C=O) groups is 2. The summed E-state index contributed by atoms with van der Waals surface area (Å²) in [6, 6.07) is 47.5. The van der Waals surface area contributed by atoms with Gasteiger partial charge in [-0.15, -0.1) is 0 Å². The van der Waals surface area contributed by atoms with Crippen LogP contribution in [0.2, 0.25) is 0 Å². The molecule has 12 rings (SSSR count). The molecule has 20 nitrogen and oxygen atoms in total. The normalized spacial score (nSPS) is 18.0. The number of fused-ring (bicyclic) bond motifs is 6. The lowest BCUT2D eigenvalue weighted by Gasteiger charge is -2.28. The van der Waals surface area contributed by atoms with Gasteiger partial charge in [0.2, 0.25) is 20.0 Å². The van der Waals surface area contributed by atoms with Gasteiger partial charge in [0.25, 0.3) is 23.2 Å². The van der Waals surface area contributed by atoms with Gasteiger partial charge in [-0.3, -0.25) is 29.8 Å². The lowest BCUT2D eigenvalue weighted by molar-refractivity contribution is -0.385. The number of non-ortho nitro benzene ring substituents is 2. The molecule has 0 radical (unpaired) electrons. The van der Waals surface area contributed by atoms with Crippen molar-refractivity contribution in [1.82, 2.24) is 0 Å². The van der Waals surface area contributed by atoms with Crippen molar-refractivity contribution in [2.24, 2.45) is 20.5 Å². The summed E-state index contributed by atoms with van der Waals surface area (Å²) in [4.78, 5) is 55.9. The fourth-order valence-corrected chi connectivity index (χ4v) is 13.7. The highest BCUT2D eigenvalue weighted by molar-refractivity contribution is 7.89. The number of nitrogens with two attached hydrogens (primary N) is 2. The largest absolute Gasteiger partial charge is 0.344 e. The van der Waals surface area contributed by atoms with Gasteiger partial charge in [0.05, 0.1) is 42.2 Å². The first-order chi connectivity index (χ1) is 42.4. The fourth-order valence-electron chi connectivity index (χ4n) is 12.6. The summed E-state index contributed by atoms with van der Waals surface area (Å²) in [5.74, 6) is -1.11. The Morgan fingerprint density at radius 3 is 1.24 bits per heavy atom. The number of allylic oxidation sites excluding steroid dienone is 6. The standard InChI is InChI=1S/C67H58N10O10S2/c1-66(2)58(36-32-54-62(44-22-28-46(29-23-44)76(80)81)70-74(64(54)78)48-16-12-18-50(40-48)88(68,84)85)72(56-34-26-42-14-6-8-20-52(42)60(56)66)38-10-5-11-39-73-57-35-27-43-15-7-9-21-53(43)61(57)67(3,4)59(73)37-33-55-63(45-24-30-47(31-25-45)77(82)83)71-75(65(55)79)49-17-13-19-51(41-49)89(69,86)87/h6-9,12-37,40-41H,5,10-11,38-39H2,1-4H3,(H2,68,84,85)(H2,69,86,87)/b54-32-,55-33-,58-36+,59-37+. The first-order valence-corrected chi connectivity index (χ1v) is 31.6. The van der Waals surface area contributed by atoms with E-state index < -0.39 is 52.5 Å². The molecule has 448 valence electrons. The van der Waals surface area contributed by atoms with Crippen LogP contribution >= 0.6 is 0 Å². The molecule has 4 N–H and O–H groups in total. The third-order valence-electron chi connectivity index (χ3n) is 16.8. The number of amides is 2. The Labute approximate surface area is 512 Å². The molecule has 0 aliphatic carbocycles. The van der Waals surface area contributed by atoms with Crippen molar-refractivity contribution in [3.63, 3.8) is 0 Å². The molecule has 89 heavy (non-hydrogen) atoms. The fraction of sp³-hybridized carbons (Fsp3) is 0.164. The smallest absolute Gasteiger partial charge is 0.281 e. The van der Waals surface area contributed by atoms with E-state index in [1.807, 2.05) is 36.4 Å². The summed E-state index contributed by atoms with van der Waals surface area (Å²) >= 11 is 0. The quantitative estimate of drug-likeness (QED) is 0.0395. The van der Waals surface area contributed by atoms with Gasteiger partial charge in [-0.2, -0.15) is 20.2 Å². The molecule has 0 spiro atoms. The topological polar surface area (TPSA) is 278 Å². The van der Waals surface area contributed by atoms with E-state index in [9.17, 15) is 46.7 Å². The van der Waals surface area contributed by atoms with Crippen LogP contribution < -0.4 is 30.1 Å². The first-order valence-electron chi connectivity index (χ1n) is 28.5. The zero-order valence-electron chi connectivity index (χ0n) is 48.6. The number of hydrogen-bond acceptors (Lipinski definition) is 14. The number of sulfonamides is 2. The van der Waals surface area contributed by atoms with Crippen molar-refractivity contribution in [3.8, 4) is 0 Å². The molecule has 0 bridgehead atoms. The van der Waals surface area contributed by atoms with Crippen molar-refractivity contribution in [2.45, 2.75) is 67.6 Å². The monoisotopic (exact) mass is 1230 g/mol. The van der Waals surface area contributed by atoms with E-state index in [2.05, 4.69) is 86.0 Å². The zero-order chi connectivity index (χ0) is 62.9. The maximum Gasteiger partial charge on any atom is 0.281 e. The number of nitro benzene ring substituents is 2. The SMILES string of the molecule is CC1(C)/C(=C\C=C2/C(=O)N(c3cccc(S(N)(=O)=O)c3)N=C2c2ccc([N+](=O)[O-])cc2)N(CCCCCN2/C(=C/C=C3\C(=O)N(c4cccc(S(N)(=O)=O)c4)N=C3c3ccc([N+](=O)[O-])cc3)C(C)(C)c3c2ccc2ccccc32)c2ccc3ccccc3c21. The predicted molar refractivity (Wildman–Crippen MR) is 345 cm³/mol. The van der Waals surface area contributed by atoms with E-state index in [1.54, 1.807) is 24.3 Å². The Balaban J connectivity index is 0.881. The molecule has 4 heterocycles.